The average molecular weight is 287 g/mol. The van der Waals surface area contributed by atoms with Crippen LogP contribution in [0.25, 0.3) is 0 Å². The van der Waals surface area contributed by atoms with Gasteiger partial charge in [0, 0.05) is 17.2 Å². The van der Waals surface area contributed by atoms with Gasteiger partial charge >= 0.3 is 5.97 Å². The number of hydrogen-bond acceptors (Lipinski definition) is 4. The summed E-state index contributed by atoms with van der Waals surface area (Å²) in [4.78, 5) is 11.6. The van der Waals surface area contributed by atoms with Crippen LogP contribution in [0, 0.1) is 0 Å². The zero-order chi connectivity index (χ0) is 14.7. The molecule has 0 aromatic carbocycles. The van der Waals surface area contributed by atoms with Crippen LogP contribution in [0.15, 0.2) is 0 Å². The summed E-state index contributed by atoms with van der Waals surface area (Å²) in [5.41, 5.74) is 6.50. The third-order valence-electron chi connectivity index (χ3n) is 3.27. The van der Waals surface area contributed by atoms with Crippen LogP contribution in [0.3, 0.4) is 0 Å². The van der Waals surface area contributed by atoms with Crippen LogP contribution in [0.5, 0.6) is 0 Å². The Hall–Kier alpha value is -1.50. The fourth-order valence-electron chi connectivity index (χ4n) is 2.37. The fraction of sp³-hybridized carbons (Fsp3) is 0.692. The average Bonchev–Trinajstić information content (AvgIpc) is 3.14. The fourth-order valence-corrected chi connectivity index (χ4v) is 2.37. The van der Waals surface area contributed by atoms with E-state index in [1.807, 2.05) is 0 Å². The summed E-state index contributed by atoms with van der Waals surface area (Å²) >= 11 is 0. The van der Waals surface area contributed by atoms with Crippen molar-refractivity contribution in [1.82, 2.24) is 9.78 Å². The van der Waals surface area contributed by atoms with Gasteiger partial charge in [-0.2, -0.15) is 5.10 Å². The second-order valence-corrected chi connectivity index (χ2v) is 4.83. The minimum absolute atomic E-state index is 0.121. The highest BCUT2D eigenvalue weighted by Crippen LogP contribution is 2.43. The number of rotatable bonds is 7. The third-order valence-corrected chi connectivity index (χ3v) is 3.27. The molecule has 5 nitrogen and oxygen atoms in total. The summed E-state index contributed by atoms with van der Waals surface area (Å²) in [6.07, 6.45) is -0.421. The second-order valence-electron chi connectivity index (χ2n) is 4.83. The molecule has 0 aliphatic heterocycles. The van der Waals surface area contributed by atoms with E-state index >= 15 is 0 Å². The summed E-state index contributed by atoms with van der Waals surface area (Å²) in [6.45, 7) is 2.12. The van der Waals surface area contributed by atoms with Gasteiger partial charge in [-0.15, -0.1) is 0 Å². The lowest BCUT2D eigenvalue weighted by Crippen LogP contribution is -2.17. The number of carbonyl (C=O) groups is 1. The molecule has 1 heterocycles. The first kappa shape index (κ1) is 14.9. The maximum atomic E-state index is 13.1. The quantitative estimate of drug-likeness (QED) is 0.776. The highest BCUT2D eigenvalue weighted by Gasteiger charge is 2.34. The van der Waals surface area contributed by atoms with Gasteiger partial charge in [-0.05, 0) is 32.7 Å². The molecule has 0 spiro atoms. The van der Waals surface area contributed by atoms with Crippen molar-refractivity contribution in [1.29, 1.82) is 0 Å². The molecule has 1 aromatic heterocycles. The first-order valence-corrected chi connectivity index (χ1v) is 6.81. The predicted octanol–water partition coefficient (Wildman–Crippen LogP) is 1.76. The van der Waals surface area contributed by atoms with Crippen LogP contribution in [0.1, 0.15) is 49.1 Å². The minimum atomic E-state index is -2.66. The lowest BCUT2D eigenvalue weighted by atomic mass is 10.1. The Bertz CT molecular complexity index is 484. The SMILES string of the molecule is CCOC(=O)Cn1nc(C(F)F)c(CCN)c1C1CC1. The molecular weight excluding hydrogens is 268 g/mol. The van der Waals surface area contributed by atoms with Crippen LogP contribution in [0.4, 0.5) is 8.78 Å². The number of nitrogens with zero attached hydrogens (tertiary/aromatic N) is 2. The molecular formula is C13H19F2N3O2. The van der Waals surface area contributed by atoms with Gasteiger partial charge in [0.25, 0.3) is 6.43 Å². The molecule has 1 aromatic rings. The molecule has 0 amide bonds. The van der Waals surface area contributed by atoms with Crippen molar-refractivity contribution in [3.63, 3.8) is 0 Å². The van der Waals surface area contributed by atoms with Crippen LogP contribution < -0.4 is 5.73 Å². The minimum Gasteiger partial charge on any atom is -0.465 e. The van der Waals surface area contributed by atoms with Crippen LogP contribution in [-0.2, 0) is 22.5 Å². The Labute approximate surface area is 116 Å². The van der Waals surface area contributed by atoms with E-state index in [2.05, 4.69) is 5.10 Å². The molecule has 1 fully saturated rings. The number of nitrogens with two attached hydrogens (primary N) is 1. The van der Waals surface area contributed by atoms with E-state index in [9.17, 15) is 13.6 Å². The van der Waals surface area contributed by atoms with E-state index < -0.39 is 12.4 Å². The Morgan fingerprint density at radius 2 is 2.25 bits per heavy atom. The van der Waals surface area contributed by atoms with E-state index in [-0.39, 0.29) is 31.3 Å². The summed E-state index contributed by atoms with van der Waals surface area (Å²) in [5.74, 6) is -0.247. The molecule has 0 bridgehead atoms. The molecule has 1 saturated carbocycles. The summed E-state index contributed by atoms with van der Waals surface area (Å²) in [7, 11) is 0. The zero-order valence-corrected chi connectivity index (χ0v) is 11.4. The summed E-state index contributed by atoms with van der Waals surface area (Å²) in [5, 5.41) is 3.92. The number of carbonyl (C=O) groups excluding carboxylic acids is 1. The van der Waals surface area contributed by atoms with Gasteiger partial charge in [0.05, 0.1) is 6.61 Å². The number of aromatic nitrogens is 2. The molecule has 7 heteroatoms. The van der Waals surface area contributed by atoms with Crippen molar-refractivity contribution < 1.29 is 18.3 Å². The van der Waals surface area contributed by atoms with E-state index in [1.54, 1.807) is 6.92 Å². The summed E-state index contributed by atoms with van der Waals surface area (Å²) in [6, 6.07) is 0. The molecule has 112 valence electrons. The molecule has 2 rings (SSSR count). The van der Waals surface area contributed by atoms with Crippen molar-refractivity contribution in [2.75, 3.05) is 13.2 Å². The van der Waals surface area contributed by atoms with Gasteiger partial charge in [-0.1, -0.05) is 0 Å². The first-order valence-electron chi connectivity index (χ1n) is 6.81. The Morgan fingerprint density at radius 1 is 1.55 bits per heavy atom. The molecule has 1 aliphatic carbocycles. The zero-order valence-electron chi connectivity index (χ0n) is 11.4. The Morgan fingerprint density at radius 3 is 2.75 bits per heavy atom. The number of ether oxygens (including phenoxy) is 1. The molecule has 0 atom stereocenters. The van der Waals surface area contributed by atoms with Crippen LogP contribution in [0.2, 0.25) is 0 Å². The van der Waals surface area contributed by atoms with Crippen molar-refractivity contribution >= 4 is 5.97 Å². The van der Waals surface area contributed by atoms with Crippen molar-refractivity contribution in [3.8, 4) is 0 Å². The maximum absolute atomic E-state index is 13.1. The highest BCUT2D eigenvalue weighted by atomic mass is 19.3. The van der Waals surface area contributed by atoms with Crippen molar-refractivity contribution in [2.45, 2.75) is 45.1 Å². The number of esters is 1. The van der Waals surface area contributed by atoms with Gasteiger partial charge in [0.1, 0.15) is 12.2 Å². The number of hydrogen-bond donors (Lipinski definition) is 1. The number of alkyl halides is 2. The second kappa shape index (κ2) is 6.30. The van der Waals surface area contributed by atoms with Gasteiger partial charge in [0.15, 0.2) is 0 Å². The van der Waals surface area contributed by atoms with Crippen molar-refractivity contribution in [3.05, 3.63) is 17.0 Å². The van der Waals surface area contributed by atoms with E-state index in [4.69, 9.17) is 10.5 Å². The molecule has 20 heavy (non-hydrogen) atoms. The largest absolute Gasteiger partial charge is 0.465 e. The lowest BCUT2D eigenvalue weighted by Gasteiger charge is -2.08. The Kier molecular flexibility index (Phi) is 4.69. The highest BCUT2D eigenvalue weighted by molar-refractivity contribution is 5.69. The van der Waals surface area contributed by atoms with E-state index in [0.29, 0.717) is 12.0 Å². The van der Waals surface area contributed by atoms with Crippen LogP contribution in [-0.4, -0.2) is 28.9 Å². The van der Waals surface area contributed by atoms with Gasteiger partial charge in [-0.25, -0.2) is 8.78 Å². The number of halogens is 2. The molecule has 1 aliphatic rings. The molecule has 0 saturated heterocycles. The maximum Gasteiger partial charge on any atom is 0.327 e. The topological polar surface area (TPSA) is 70.1 Å². The lowest BCUT2D eigenvalue weighted by molar-refractivity contribution is -0.144. The van der Waals surface area contributed by atoms with E-state index in [0.717, 1.165) is 18.5 Å². The van der Waals surface area contributed by atoms with E-state index in [1.165, 1.54) is 4.68 Å². The normalized spacial score (nSPS) is 14.8. The monoisotopic (exact) mass is 287 g/mol. The third kappa shape index (κ3) is 3.15. The van der Waals surface area contributed by atoms with Gasteiger partial charge < -0.3 is 10.5 Å². The molecule has 0 unspecified atom stereocenters. The Balaban J connectivity index is 2.34. The predicted molar refractivity (Wildman–Crippen MR) is 68.6 cm³/mol. The van der Waals surface area contributed by atoms with Crippen LogP contribution >= 0.6 is 0 Å². The smallest absolute Gasteiger partial charge is 0.327 e. The van der Waals surface area contributed by atoms with Gasteiger partial charge in [-0.3, -0.25) is 9.48 Å². The standard InChI is InChI=1S/C13H19F2N3O2/c1-2-20-10(19)7-18-12(8-3-4-8)9(5-6-16)11(17-18)13(14)15/h8,13H,2-7,16H2,1H3. The molecule has 2 N–H and O–H groups in total. The van der Waals surface area contributed by atoms with Crippen molar-refractivity contribution in [2.24, 2.45) is 5.73 Å². The summed E-state index contributed by atoms with van der Waals surface area (Å²) < 4.78 is 32.4. The van der Waals surface area contributed by atoms with Gasteiger partial charge in [0.2, 0.25) is 0 Å². The first-order chi connectivity index (χ1) is 9.58. The molecule has 0 radical (unpaired) electrons.